The summed E-state index contributed by atoms with van der Waals surface area (Å²) < 4.78 is 37.5. The van der Waals surface area contributed by atoms with E-state index in [1.165, 1.54) is 24.9 Å². The molecule has 1 heterocycles. The Bertz CT molecular complexity index is 529. The topological polar surface area (TPSA) is 58.4 Å². The van der Waals surface area contributed by atoms with Crippen LogP contribution in [0.1, 0.15) is 9.67 Å². The van der Waals surface area contributed by atoms with Crippen LogP contribution in [0.4, 0.5) is 23.9 Å². The van der Waals surface area contributed by atoms with Gasteiger partial charge in [-0.25, -0.2) is 0 Å². The molecule has 1 aromatic rings. The number of carbonyl (C=O) groups excluding carboxylic acids is 1. The molecule has 0 unspecified atom stereocenters. The van der Waals surface area contributed by atoms with Crippen LogP contribution < -0.4 is 16.0 Å². The lowest BCUT2D eigenvalue weighted by molar-refractivity contribution is -0.119. The largest absolute Gasteiger partial charge is 0.405 e. The first-order valence-electron chi connectivity index (χ1n) is 5.84. The van der Waals surface area contributed by atoms with Gasteiger partial charge in [-0.3, -0.25) is 4.79 Å². The Morgan fingerprint density at radius 2 is 2.19 bits per heavy atom. The van der Waals surface area contributed by atoms with Gasteiger partial charge in [-0.15, -0.1) is 29.7 Å². The third kappa shape index (κ3) is 4.57. The van der Waals surface area contributed by atoms with E-state index in [1.807, 2.05) is 0 Å². The number of amides is 1. The monoisotopic (exact) mass is 339 g/mol. The van der Waals surface area contributed by atoms with Crippen molar-refractivity contribution in [2.45, 2.75) is 11.1 Å². The van der Waals surface area contributed by atoms with Gasteiger partial charge in [-0.2, -0.15) is 13.2 Å². The second-order valence-electron chi connectivity index (χ2n) is 4.15. The minimum atomic E-state index is -4.32. The molecule has 9 heteroatoms. The molecule has 0 bridgehead atoms. The molecule has 0 atom stereocenters. The van der Waals surface area contributed by atoms with E-state index in [1.54, 1.807) is 6.26 Å². The fourth-order valence-electron chi connectivity index (χ4n) is 1.62. The maximum atomic E-state index is 12.5. The zero-order valence-corrected chi connectivity index (χ0v) is 13.2. The number of nitrogen functional groups attached to an aromatic ring is 1. The number of nitrogens with zero attached hydrogens (tertiary/aromatic N) is 1. The summed E-state index contributed by atoms with van der Waals surface area (Å²) in [6, 6.07) is 0. The average molecular weight is 339 g/mol. The molecule has 1 amide bonds. The third-order valence-electron chi connectivity index (χ3n) is 2.46. The van der Waals surface area contributed by atoms with Crippen LogP contribution >= 0.6 is 23.1 Å². The molecule has 0 saturated heterocycles. The highest BCUT2D eigenvalue weighted by molar-refractivity contribution is 7.99. The fourth-order valence-corrected chi connectivity index (χ4v) is 3.70. The standard InChI is InChI=1S/C12H16F3N3OS2/c1-4-5-17-10(19)8-7(16)9(20-3)11(21-8)18(2)6-12(13,14)15/h4H,1,5-6,16H2,2-3H3,(H,17,19). The molecule has 3 N–H and O–H groups in total. The molecule has 21 heavy (non-hydrogen) atoms. The number of anilines is 2. The summed E-state index contributed by atoms with van der Waals surface area (Å²) in [5, 5.41) is 2.90. The average Bonchev–Trinajstić information content (AvgIpc) is 2.71. The van der Waals surface area contributed by atoms with E-state index < -0.39 is 18.6 Å². The van der Waals surface area contributed by atoms with Crippen LogP contribution in [0.25, 0.3) is 0 Å². The summed E-state index contributed by atoms with van der Waals surface area (Å²) >= 11 is 2.17. The van der Waals surface area contributed by atoms with Gasteiger partial charge >= 0.3 is 6.18 Å². The lowest BCUT2D eigenvalue weighted by atomic mass is 10.3. The molecule has 0 aliphatic heterocycles. The molecule has 4 nitrogen and oxygen atoms in total. The van der Waals surface area contributed by atoms with Crippen molar-refractivity contribution in [2.24, 2.45) is 0 Å². The van der Waals surface area contributed by atoms with Gasteiger partial charge in [0.05, 0.1) is 10.6 Å². The maximum Gasteiger partial charge on any atom is 0.405 e. The summed E-state index contributed by atoms with van der Waals surface area (Å²) in [6.07, 6.45) is -1.11. The Hall–Kier alpha value is -1.35. The van der Waals surface area contributed by atoms with E-state index in [-0.39, 0.29) is 17.1 Å². The van der Waals surface area contributed by atoms with Crippen LogP contribution in [-0.2, 0) is 0 Å². The molecule has 0 spiro atoms. The number of nitrogens with two attached hydrogens (primary N) is 1. The second kappa shape index (κ2) is 7.08. The van der Waals surface area contributed by atoms with Crippen LogP contribution in [0.3, 0.4) is 0 Å². The molecule has 0 aromatic carbocycles. The van der Waals surface area contributed by atoms with Crippen LogP contribution in [0.15, 0.2) is 17.6 Å². The second-order valence-corrected chi connectivity index (χ2v) is 5.97. The van der Waals surface area contributed by atoms with E-state index in [0.717, 1.165) is 16.2 Å². The van der Waals surface area contributed by atoms with Crippen molar-refractivity contribution in [2.75, 3.05) is 37.0 Å². The van der Waals surface area contributed by atoms with Gasteiger partial charge in [0.15, 0.2) is 0 Å². The number of alkyl halides is 3. The van der Waals surface area contributed by atoms with Gasteiger partial charge in [-0.05, 0) is 6.26 Å². The number of carbonyl (C=O) groups is 1. The normalized spacial score (nSPS) is 11.3. The predicted molar refractivity (Wildman–Crippen MR) is 82.4 cm³/mol. The smallest absolute Gasteiger partial charge is 0.396 e. The highest BCUT2D eigenvalue weighted by Gasteiger charge is 2.32. The van der Waals surface area contributed by atoms with Crippen LogP contribution in [0, 0.1) is 0 Å². The van der Waals surface area contributed by atoms with Gasteiger partial charge in [0.25, 0.3) is 5.91 Å². The summed E-state index contributed by atoms with van der Waals surface area (Å²) in [5.41, 5.74) is 6.09. The van der Waals surface area contributed by atoms with Gasteiger partial charge in [0.1, 0.15) is 16.4 Å². The molecule has 0 saturated carbocycles. The molecular formula is C12H16F3N3OS2. The van der Waals surface area contributed by atoms with Crippen molar-refractivity contribution < 1.29 is 18.0 Å². The van der Waals surface area contributed by atoms with Crippen LogP contribution in [0.5, 0.6) is 0 Å². The van der Waals surface area contributed by atoms with E-state index >= 15 is 0 Å². The highest BCUT2D eigenvalue weighted by atomic mass is 32.2. The lowest BCUT2D eigenvalue weighted by Gasteiger charge is -2.20. The number of halogens is 3. The number of thioether (sulfide) groups is 1. The van der Waals surface area contributed by atoms with E-state index in [4.69, 9.17) is 5.73 Å². The van der Waals surface area contributed by atoms with Crippen LogP contribution in [-0.4, -0.2) is 38.5 Å². The SMILES string of the molecule is C=CCNC(=O)c1sc(N(C)CC(F)(F)F)c(SC)c1N. The molecule has 1 rings (SSSR count). The van der Waals surface area contributed by atoms with Gasteiger partial charge in [0, 0.05) is 13.6 Å². The lowest BCUT2D eigenvalue weighted by Crippen LogP contribution is -2.30. The minimum absolute atomic E-state index is 0.207. The zero-order chi connectivity index (χ0) is 16.2. The van der Waals surface area contributed by atoms with E-state index in [0.29, 0.717) is 9.90 Å². The maximum absolute atomic E-state index is 12.5. The third-order valence-corrected chi connectivity index (χ3v) is 4.73. The first-order chi connectivity index (χ1) is 9.71. The molecular weight excluding hydrogens is 323 g/mol. The molecule has 0 fully saturated rings. The summed E-state index contributed by atoms with van der Waals surface area (Å²) in [6.45, 7) is 2.64. The summed E-state index contributed by atoms with van der Waals surface area (Å²) in [4.78, 5) is 13.7. The molecule has 118 valence electrons. The van der Waals surface area contributed by atoms with Crippen molar-refractivity contribution in [3.05, 3.63) is 17.5 Å². The number of nitrogens with one attached hydrogen (secondary N) is 1. The van der Waals surface area contributed by atoms with Crippen molar-refractivity contribution in [3.63, 3.8) is 0 Å². The number of thiophene rings is 1. The summed E-state index contributed by atoms with van der Waals surface area (Å²) in [5.74, 6) is -0.417. The molecule has 0 aliphatic carbocycles. The van der Waals surface area contributed by atoms with Crippen molar-refractivity contribution >= 4 is 39.7 Å². The van der Waals surface area contributed by atoms with Crippen molar-refractivity contribution in [1.82, 2.24) is 5.32 Å². The van der Waals surface area contributed by atoms with E-state index in [2.05, 4.69) is 11.9 Å². The van der Waals surface area contributed by atoms with Crippen molar-refractivity contribution in [1.29, 1.82) is 0 Å². The molecule has 0 radical (unpaired) electrons. The van der Waals surface area contributed by atoms with Crippen molar-refractivity contribution in [3.8, 4) is 0 Å². The highest BCUT2D eigenvalue weighted by Crippen LogP contribution is 2.43. The van der Waals surface area contributed by atoms with E-state index in [9.17, 15) is 18.0 Å². The summed E-state index contributed by atoms with van der Waals surface area (Å²) in [7, 11) is 1.32. The van der Waals surface area contributed by atoms with Gasteiger partial charge < -0.3 is 16.0 Å². The minimum Gasteiger partial charge on any atom is -0.396 e. The first-order valence-corrected chi connectivity index (χ1v) is 7.88. The molecule has 1 aromatic heterocycles. The number of hydrogen-bond acceptors (Lipinski definition) is 5. The Labute approximate surface area is 129 Å². The zero-order valence-electron chi connectivity index (χ0n) is 11.6. The Morgan fingerprint density at radius 3 is 2.67 bits per heavy atom. The Morgan fingerprint density at radius 1 is 1.57 bits per heavy atom. The van der Waals surface area contributed by atoms with Crippen LogP contribution in [0.2, 0.25) is 0 Å². The van der Waals surface area contributed by atoms with Gasteiger partial charge in [0.2, 0.25) is 0 Å². The number of rotatable bonds is 6. The van der Waals surface area contributed by atoms with Gasteiger partial charge in [-0.1, -0.05) is 6.08 Å². The number of hydrogen-bond donors (Lipinski definition) is 2. The quantitative estimate of drug-likeness (QED) is 0.618. The molecule has 0 aliphatic rings. The first kappa shape index (κ1) is 17.7. The predicted octanol–water partition coefficient (Wildman–Crippen LogP) is 2.97. The Kier molecular flexibility index (Phi) is 5.97. The Balaban J connectivity index is 3.10. The fraction of sp³-hybridized carbons (Fsp3) is 0.417.